The summed E-state index contributed by atoms with van der Waals surface area (Å²) in [4.78, 5) is 23.1. The molecule has 0 bridgehead atoms. The lowest BCUT2D eigenvalue weighted by Crippen LogP contribution is -2.19. The van der Waals surface area contributed by atoms with Crippen molar-refractivity contribution in [3.05, 3.63) is 69.5 Å². The van der Waals surface area contributed by atoms with Crippen LogP contribution in [0, 0.1) is 0 Å². The molecular weight excluding hydrogens is 348 g/mol. The summed E-state index contributed by atoms with van der Waals surface area (Å²) in [6.45, 7) is 0. The second-order valence-electron chi connectivity index (χ2n) is 4.59. The predicted molar refractivity (Wildman–Crippen MR) is 89.3 cm³/mol. The maximum Gasteiger partial charge on any atom is 0.336 e. The molecule has 6 heteroatoms. The van der Waals surface area contributed by atoms with Gasteiger partial charge in [-0.15, -0.1) is 0 Å². The number of benzene rings is 2. The highest BCUT2D eigenvalue weighted by molar-refractivity contribution is 9.10. The van der Waals surface area contributed by atoms with Gasteiger partial charge in [-0.1, -0.05) is 15.9 Å². The molecule has 2 N–H and O–H groups in total. The molecule has 0 saturated heterocycles. The molecule has 110 valence electrons. The lowest BCUT2D eigenvalue weighted by atomic mass is 10.2. The molecule has 0 aliphatic carbocycles. The lowest BCUT2D eigenvalue weighted by Gasteiger charge is -2.08. The number of rotatable bonds is 2. The molecule has 0 radical (unpaired) electrons. The van der Waals surface area contributed by atoms with Gasteiger partial charge < -0.3 is 15.1 Å². The van der Waals surface area contributed by atoms with Gasteiger partial charge in [0.25, 0.3) is 0 Å². The first-order valence-electron chi connectivity index (χ1n) is 6.48. The molecular formula is C16H11BrN2O3. The van der Waals surface area contributed by atoms with E-state index in [0.29, 0.717) is 17.0 Å². The third-order valence-electron chi connectivity index (χ3n) is 2.98. The summed E-state index contributed by atoms with van der Waals surface area (Å²) < 4.78 is 5.98. The molecule has 3 aromatic rings. The van der Waals surface area contributed by atoms with Crippen LogP contribution in [0.25, 0.3) is 11.0 Å². The Balaban J connectivity index is 1.74. The predicted octanol–water partition coefficient (Wildman–Crippen LogP) is 4.20. The van der Waals surface area contributed by atoms with Crippen molar-refractivity contribution < 1.29 is 9.21 Å². The van der Waals surface area contributed by atoms with Crippen molar-refractivity contribution in [2.45, 2.75) is 0 Å². The number of fused-ring (bicyclic) bond motifs is 1. The van der Waals surface area contributed by atoms with Crippen molar-refractivity contribution >= 4 is 44.3 Å². The van der Waals surface area contributed by atoms with E-state index in [1.807, 2.05) is 12.1 Å². The number of anilines is 2. The van der Waals surface area contributed by atoms with E-state index in [-0.39, 0.29) is 6.03 Å². The highest BCUT2D eigenvalue weighted by Gasteiger charge is 2.04. The van der Waals surface area contributed by atoms with E-state index in [1.54, 1.807) is 36.4 Å². The zero-order valence-corrected chi connectivity index (χ0v) is 12.9. The van der Waals surface area contributed by atoms with Crippen molar-refractivity contribution in [2.24, 2.45) is 0 Å². The third-order valence-corrected chi connectivity index (χ3v) is 3.51. The summed E-state index contributed by atoms with van der Waals surface area (Å²) in [5.41, 5.74) is 1.37. The van der Waals surface area contributed by atoms with Crippen LogP contribution in [0.15, 0.2) is 68.3 Å². The van der Waals surface area contributed by atoms with Gasteiger partial charge >= 0.3 is 11.7 Å². The van der Waals surface area contributed by atoms with Crippen LogP contribution >= 0.6 is 15.9 Å². The van der Waals surface area contributed by atoms with E-state index in [2.05, 4.69) is 26.6 Å². The monoisotopic (exact) mass is 358 g/mol. The molecule has 2 aromatic carbocycles. The van der Waals surface area contributed by atoms with Gasteiger partial charge in [0.2, 0.25) is 0 Å². The fourth-order valence-electron chi connectivity index (χ4n) is 1.98. The van der Waals surface area contributed by atoms with Gasteiger partial charge in [-0.2, -0.15) is 0 Å². The first-order valence-corrected chi connectivity index (χ1v) is 7.27. The topological polar surface area (TPSA) is 71.3 Å². The molecule has 0 aliphatic rings. The minimum Gasteiger partial charge on any atom is -0.423 e. The van der Waals surface area contributed by atoms with Crippen molar-refractivity contribution in [3.63, 3.8) is 0 Å². The Hall–Kier alpha value is -2.60. The largest absolute Gasteiger partial charge is 0.423 e. The maximum absolute atomic E-state index is 11.9. The standard InChI is InChI=1S/C16H11BrN2O3/c17-11-2-4-12(5-3-11)18-16(21)19-13-6-7-14-10(9-13)1-8-15(20)22-14/h1-9H,(H2,18,19,21). The minimum absolute atomic E-state index is 0.348. The minimum atomic E-state index is -0.402. The zero-order valence-electron chi connectivity index (χ0n) is 11.3. The summed E-state index contributed by atoms with van der Waals surface area (Å²) in [6, 6.07) is 15.0. The highest BCUT2D eigenvalue weighted by atomic mass is 79.9. The summed E-state index contributed by atoms with van der Waals surface area (Å²) in [5, 5.41) is 6.20. The molecule has 22 heavy (non-hydrogen) atoms. The fourth-order valence-corrected chi connectivity index (χ4v) is 2.24. The number of carbonyl (C=O) groups excluding carboxylic acids is 1. The Bertz CT molecular complexity index is 888. The number of urea groups is 1. The molecule has 0 fully saturated rings. The molecule has 0 spiro atoms. The van der Waals surface area contributed by atoms with Crippen LogP contribution in [0.5, 0.6) is 0 Å². The van der Waals surface area contributed by atoms with Gasteiger partial charge in [-0.05, 0) is 48.5 Å². The molecule has 0 saturated carbocycles. The summed E-state index contributed by atoms with van der Waals surface area (Å²) in [6.07, 6.45) is 0. The summed E-state index contributed by atoms with van der Waals surface area (Å²) in [5.74, 6) is 0. The van der Waals surface area contributed by atoms with Crippen LogP contribution < -0.4 is 16.3 Å². The molecule has 5 nitrogen and oxygen atoms in total. The van der Waals surface area contributed by atoms with Crippen LogP contribution in [-0.4, -0.2) is 6.03 Å². The fraction of sp³-hybridized carbons (Fsp3) is 0. The Morgan fingerprint density at radius 1 is 0.909 bits per heavy atom. The van der Waals surface area contributed by atoms with Crippen LogP contribution in [0.1, 0.15) is 0 Å². The van der Waals surface area contributed by atoms with Gasteiger partial charge in [0.1, 0.15) is 5.58 Å². The van der Waals surface area contributed by atoms with Crippen molar-refractivity contribution in [1.82, 2.24) is 0 Å². The molecule has 0 unspecified atom stereocenters. The van der Waals surface area contributed by atoms with E-state index in [1.165, 1.54) is 6.07 Å². The van der Waals surface area contributed by atoms with Crippen LogP contribution in [0.2, 0.25) is 0 Å². The lowest BCUT2D eigenvalue weighted by molar-refractivity contribution is 0.262. The van der Waals surface area contributed by atoms with Gasteiger partial charge in [-0.25, -0.2) is 9.59 Å². The number of hydrogen-bond donors (Lipinski definition) is 2. The molecule has 0 aliphatic heterocycles. The van der Waals surface area contributed by atoms with Crippen molar-refractivity contribution in [2.75, 3.05) is 10.6 Å². The summed E-state index contributed by atoms with van der Waals surface area (Å²) >= 11 is 3.33. The average Bonchev–Trinajstić information content (AvgIpc) is 2.50. The summed E-state index contributed by atoms with van der Waals surface area (Å²) in [7, 11) is 0. The number of amides is 2. The molecule has 1 heterocycles. The van der Waals surface area contributed by atoms with E-state index < -0.39 is 5.63 Å². The highest BCUT2D eigenvalue weighted by Crippen LogP contribution is 2.18. The number of halogens is 1. The molecule has 3 rings (SSSR count). The Morgan fingerprint density at radius 3 is 2.36 bits per heavy atom. The van der Waals surface area contributed by atoms with Crippen molar-refractivity contribution in [1.29, 1.82) is 0 Å². The van der Waals surface area contributed by atoms with E-state index >= 15 is 0 Å². The van der Waals surface area contributed by atoms with Gasteiger partial charge in [0.15, 0.2) is 0 Å². The second kappa shape index (κ2) is 6.03. The zero-order chi connectivity index (χ0) is 15.5. The van der Waals surface area contributed by atoms with Gasteiger partial charge in [0, 0.05) is 27.3 Å². The van der Waals surface area contributed by atoms with Crippen LogP contribution in [0.4, 0.5) is 16.2 Å². The Morgan fingerprint density at radius 2 is 1.59 bits per heavy atom. The molecule has 0 atom stereocenters. The Kier molecular flexibility index (Phi) is 3.93. The molecule has 1 aromatic heterocycles. The van der Waals surface area contributed by atoms with Gasteiger partial charge in [0.05, 0.1) is 0 Å². The average molecular weight is 359 g/mol. The third kappa shape index (κ3) is 3.35. The number of nitrogens with one attached hydrogen (secondary N) is 2. The van der Waals surface area contributed by atoms with Crippen molar-refractivity contribution in [3.8, 4) is 0 Å². The van der Waals surface area contributed by atoms with Crippen LogP contribution in [0.3, 0.4) is 0 Å². The van der Waals surface area contributed by atoms with E-state index in [9.17, 15) is 9.59 Å². The normalized spacial score (nSPS) is 10.4. The first-order chi connectivity index (χ1) is 10.6. The maximum atomic E-state index is 11.9. The SMILES string of the molecule is O=C(Nc1ccc(Br)cc1)Nc1ccc2oc(=O)ccc2c1. The molecule has 2 amide bonds. The van der Waals surface area contributed by atoms with Crippen LogP contribution in [-0.2, 0) is 0 Å². The quantitative estimate of drug-likeness (QED) is 0.674. The first kappa shape index (κ1) is 14.3. The number of hydrogen-bond acceptors (Lipinski definition) is 3. The smallest absolute Gasteiger partial charge is 0.336 e. The van der Waals surface area contributed by atoms with Gasteiger partial charge in [-0.3, -0.25) is 0 Å². The second-order valence-corrected chi connectivity index (χ2v) is 5.51. The number of carbonyl (C=O) groups is 1. The van der Waals surface area contributed by atoms with E-state index in [4.69, 9.17) is 4.42 Å². The van der Waals surface area contributed by atoms with E-state index in [0.717, 1.165) is 9.86 Å². The Labute approximate surface area is 134 Å².